The van der Waals surface area contributed by atoms with Crippen LogP contribution in [0.5, 0.6) is 0 Å². The van der Waals surface area contributed by atoms with E-state index in [1.54, 1.807) is 0 Å². The molecular formula is C16H17ClF3N5O. The number of nitrogens with zero attached hydrogens (tertiary/aromatic N) is 3. The summed E-state index contributed by atoms with van der Waals surface area (Å²) in [4.78, 5) is 22.2. The molecule has 0 saturated heterocycles. The summed E-state index contributed by atoms with van der Waals surface area (Å²) in [5.74, 6) is -0.223. The number of likely N-dealkylation sites (N-methyl/N-ethyl adjacent to an activating group) is 1. The van der Waals surface area contributed by atoms with Crippen molar-refractivity contribution in [2.45, 2.75) is 6.18 Å². The van der Waals surface area contributed by atoms with Gasteiger partial charge in [0.25, 0.3) is 5.91 Å². The van der Waals surface area contributed by atoms with Crippen LogP contribution in [0.1, 0.15) is 16.1 Å². The van der Waals surface area contributed by atoms with E-state index in [2.05, 4.69) is 20.6 Å². The number of aromatic nitrogens is 2. The van der Waals surface area contributed by atoms with Crippen LogP contribution in [-0.2, 0) is 6.18 Å². The number of benzene rings is 1. The van der Waals surface area contributed by atoms with Crippen molar-refractivity contribution >= 4 is 29.0 Å². The zero-order valence-electron chi connectivity index (χ0n) is 14.1. The van der Waals surface area contributed by atoms with Gasteiger partial charge >= 0.3 is 6.18 Å². The molecule has 2 rings (SSSR count). The largest absolute Gasteiger partial charge is 0.416 e. The van der Waals surface area contributed by atoms with Crippen LogP contribution < -0.4 is 10.6 Å². The molecule has 1 heterocycles. The molecule has 0 aliphatic rings. The molecule has 6 nitrogen and oxygen atoms in total. The average Bonchev–Trinajstić information content (AvgIpc) is 2.56. The second kappa shape index (κ2) is 8.33. The Hall–Kier alpha value is -2.39. The number of carbonyl (C=O) groups is 1. The maximum absolute atomic E-state index is 12.8. The number of rotatable bonds is 6. The second-order valence-corrected chi connectivity index (χ2v) is 6.07. The standard InChI is InChI=1S/C16H17ClF3N5O/c1-25(2)6-5-21-14-9-22-13(8-23-14)15(26)24-12-7-10(16(18,19)20)3-4-11(12)17/h3-4,7-9H,5-6H2,1-2H3,(H,21,23)(H,24,26). The van der Waals surface area contributed by atoms with E-state index in [1.807, 2.05) is 19.0 Å². The van der Waals surface area contributed by atoms with E-state index < -0.39 is 17.6 Å². The number of amides is 1. The van der Waals surface area contributed by atoms with Crippen molar-refractivity contribution in [2.24, 2.45) is 0 Å². The van der Waals surface area contributed by atoms with Gasteiger partial charge in [-0.05, 0) is 32.3 Å². The van der Waals surface area contributed by atoms with Crippen molar-refractivity contribution in [3.8, 4) is 0 Å². The smallest absolute Gasteiger partial charge is 0.368 e. The van der Waals surface area contributed by atoms with Crippen LogP contribution in [0.3, 0.4) is 0 Å². The van der Waals surface area contributed by atoms with E-state index >= 15 is 0 Å². The van der Waals surface area contributed by atoms with Gasteiger partial charge in [-0.1, -0.05) is 11.6 Å². The van der Waals surface area contributed by atoms with Crippen LogP contribution in [0.15, 0.2) is 30.6 Å². The molecule has 0 bridgehead atoms. The van der Waals surface area contributed by atoms with Gasteiger partial charge in [-0.3, -0.25) is 4.79 Å². The molecule has 1 aromatic carbocycles. The Labute approximate surface area is 153 Å². The molecule has 0 radical (unpaired) electrons. The van der Waals surface area contributed by atoms with Gasteiger partial charge < -0.3 is 15.5 Å². The topological polar surface area (TPSA) is 70.2 Å². The summed E-state index contributed by atoms with van der Waals surface area (Å²) in [6.07, 6.45) is -1.93. The lowest BCUT2D eigenvalue weighted by Crippen LogP contribution is -2.21. The first-order valence-corrected chi connectivity index (χ1v) is 7.93. The molecule has 0 fully saturated rings. The molecule has 0 spiro atoms. The van der Waals surface area contributed by atoms with Gasteiger partial charge in [0.15, 0.2) is 0 Å². The highest BCUT2D eigenvalue weighted by molar-refractivity contribution is 6.33. The zero-order chi connectivity index (χ0) is 19.3. The van der Waals surface area contributed by atoms with Gasteiger partial charge in [0.1, 0.15) is 11.5 Å². The van der Waals surface area contributed by atoms with Gasteiger partial charge in [0.2, 0.25) is 0 Å². The van der Waals surface area contributed by atoms with E-state index in [0.29, 0.717) is 12.4 Å². The first-order valence-electron chi connectivity index (χ1n) is 7.55. The van der Waals surface area contributed by atoms with E-state index in [9.17, 15) is 18.0 Å². The molecule has 2 aromatic rings. The summed E-state index contributed by atoms with van der Waals surface area (Å²) in [5.41, 5.74) is -1.11. The summed E-state index contributed by atoms with van der Waals surface area (Å²) in [6, 6.07) is 2.68. The molecule has 10 heteroatoms. The summed E-state index contributed by atoms with van der Waals surface area (Å²) >= 11 is 5.85. The summed E-state index contributed by atoms with van der Waals surface area (Å²) in [5, 5.41) is 5.34. The Morgan fingerprint density at radius 2 is 1.96 bits per heavy atom. The van der Waals surface area contributed by atoms with Gasteiger partial charge in [0.05, 0.1) is 28.7 Å². The Kier molecular flexibility index (Phi) is 6.38. The third kappa shape index (κ3) is 5.57. The van der Waals surface area contributed by atoms with Crippen molar-refractivity contribution in [1.82, 2.24) is 14.9 Å². The quantitative estimate of drug-likeness (QED) is 0.795. The van der Waals surface area contributed by atoms with Crippen LogP contribution in [0.4, 0.5) is 24.7 Å². The van der Waals surface area contributed by atoms with Gasteiger partial charge in [-0.15, -0.1) is 0 Å². The lowest BCUT2D eigenvalue weighted by atomic mass is 10.2. The molecule has 1 aromatic heterocycles. The fraction of sp³-hybridized carbons (Fsp3) is 0.312. The third-order valence-corrected chi connectivity index (χ3v) is 3.62. The van der Waals surface area contributed by atoms with Crippen molar-refractivity contribution in [1.29, 1.82) is 0 Å². The van der Waals surface area contributed by atoms with Crippen molar-refractivity contribution in [3.05, 3.63) is 46.9 Å². The lowest BCUT2D eigenvalue weighted by Gasteiger charge is -2.12. The first kappa shape index (κ1) is 19.9. The zero-order valence-corrected chi connectivity index (χ0v) is 14.8. The van der Waals surface area contributed by atoms with Crippen molar-refractivity contribution in [2.75, 3.05) is 37.8 Å². The van der Waals surface area contributed by atoms with Crippen LogP contribution >= 0.6 is 11.6 Å². The molecule has 2 N–H and O–H groups in total. The first-order chi connectivity index (χ1) is 12.2. The maximum atomic E-state index is 12.8. The normalized spacial score (nSPS) is 11.5. The highest BCUT2D eigenvalue weighted by atomic mass is 35.5. The molecule has 0 aliphatic heterocycles. The summed E-state index contributed by atoms with van der Waals surface area (Å²) in [7, 11) is 3.86. The number of carbonyl (C=O) groups excluding carboxylic acids is 1. The monoisotopic (exact) mass is 387 g/mol. The van der Waals surface area contributed by atoms with E-state index in [0.717, 1.165) is 24.7 Å². The van der Waals surface area contributed by atoms with E-state index in [4.69, 9.17) is 11.6 Å². The molecule has 0 atom stereocenters. The number of hydrogen-bond acceptors (Lipinski definition) is 5. The minimum Gasteiger partial charge on any atom is -0.368 e. The number of nitrogens with one attached hydrogen (secondary N) is 2. The van der Waals surface area contributed by atoms with Crippen LogP contribution in [0, 0.1) is 0 Å². The van der Waals surface area contributed by atoms with Crippen LogP contribution in [0.2, 0.25) is 5.02 Å². The Morgan fingerprint density at radius 1 is 1.23 bits per heavy atom. The molecule has 0 saturated carbocycles. The van der Waals surface area contributed by atoms with Crippen molar-refractivity contribution in [3.63, 3.8) is 0 Å². The van der Waals surface area contributed by atoms with Crippen molar-refractivity contribution < 1.29 is 18.0 Å². The lowest BCUT2D eigenvalue weighted by molar-refractivity contribution is -0.137. The van der Waals surface area contributed by atoms with E-state index in [-0.39, 0.29) is 16.4 Å². The van der Waals surface area contributed by atoms with Gasteiger partial charge in [-0.25, -0.2) is 9.97 Å². The Bertz CT molecular complexity index is 765. The van der Waals surface area contributed by atoms with E-state index in [1.165, 1.54) is 12.4 Å². The molecule has 140 valence electrons. The molecular weight excluding hydrogens is 371 g/mol. The maximum Gasteiger partial charge on any atom is 0.416 e. The van der Waals surface area contributed by atoms with Crippen LogP contribution in [-0.4, -0.2) is 48.0 Å². The molecule has 0 aliphatic carbocycles. The van der Waals surface area contributed by atoms with Crippen LogP contribution in [0.25, 0.3) is 0 Å². The third-order valence-electron chi connectivity index (χ3n) is 3.29. The minimum atomic E-state index is -4.54. The summed E-state index contributed by atoms with van der Waals surface area (Å²) in [6.45, 7) is 1.44. The van der Waals surface area contributed by atoms with Gasteiger partial charge in [-0.2, -0.15) is 13.2 Å². The predicted octanol–water partition coefficient (Wildman–Crippen LogP) is 3.37. The highest BCUT2D eigenvalue weighted by Crippen LogP contribution is 2.33. The summed E-state index contributed by atoms with van der Waals surface area (Å²) < 4.78 is 38.3. The fourth-order valence-electron chi connectivity index (χ4n) is 1.93. The number of hydrogen-bond donors (Lipinski definition) is 2. The molecule has 0 unspecified atom stereocenters. The molecule has 26 heavy (non-hydrogen) atoms. The van der Waals surface area contributed by atoms with Gasteiger partial charge in [0, 0.05) is 13.1 Å². The Balaban J connectivity index is 2.06. The average molecular weight is 388 g/mol. The molecule has 1 amide bonds. The number of anilines is 2. The second-order valence-electron chi connectivity index (χ2n) is 5.66. The highest BCUT2D eigenvalue weighted by Gasteiger charge is 2.31. The number of alkyl halides is 3. The Morgan fingerprint density at radius 3 is 2.54 bits per heavy atom. The predicted molar refractivity (Wildman–Crippen MR) is 93.5 cm³/mol. The number of halogens is 4. The minimum absolute atomic E-state index is 0.0127. The fourth-order valence-corrected chi connectivity index (χ4v) is 2.09. The SMILES string of the molecule is CN(C)CCNc1cnc(C(=O)Nc2cc(C(F)(F)F)ccc2Cl)cn1.